The fourth-order valence-electron chi connectivity index (χ4n) is 2.85. The first-order valence-electron chi connectivity index (χ1n) is 9.40. The SMILES string of the molecule is Cc1ccc(-c2cnc(N)c(C(=O)Nc3ccc(SCC4COC4)cc3)n2)cc1. The fourth-order valence-corrected chi connectivity index (χ4v) is 3.80. The van der Waals surface area contributed by atoms with Crippen molar-refractivity contribution < 1.29 is 9.53 Å². The molecule has 1 aliphatic rings. The Morgan fingerprint density at radius 2 is 1.90 bits per heavy atom. The van der Waals surface area contributed by atoms with Crippen LogP contribution in [0.3, 0.4) is 0 Å². The molecule has 1 amide bonds. The minimum absolute atomic E-state index is 0.105. The number of aryl methyl sites for hydroxylation is 1. The Morgan fingerprint density at radius 3 is 2.55 bits per heavy atom. The zero-order valence-corrected chi connectivity index (χ0v) is 16.9. The maximum absolute atomic E-state index is 12.7. The standard InChI is InChI=1S/C22H22N4O2S/c1-14-2-4-16(5-3-14)19-10-24-21(23)20(26-19)22(27)25-17-6-8-18(9-7-17)29-13-15-11-28-12-15/h2-10,15H,11-13H2,1H3,(H2,23,24)(H,25,27). The van der Waals surface area contributed by atoms with Crippen LogP contribution in [-0.4, -0.2) is 34.8 Å². The van der Waals surface area contributed by atoms with Crippen molar-refractivity contribution in [2.45, 2.75) is 11.8 Å². The van der Waals surface area contributed by atoms with Crippen LogP contribution in [-0.2, 0) is 4.74 Å². The number of carbonyl (C=O) groups excluding carboxylic acids is 1. The molecule has 0 aliphatic carbocycles. The van der Waals surface area contributed by atoms with Gasteiger partial charge in [0.05, 0.1) is 25.1 Å². The lowest BCUT2D eigenvalue weighted by Crippen LogP contribution is -2.29. The maximum Gasteiger partial charge on any atom is 0.278 e. The van der Waals surface area contributed by atoms with E-state index in [9.17, 15) is 4.79 Å². The van der Waals surface area contributed by atoms with Crippen LogP contribution in [0, 0.1) is 12.8 Å². The molecule has 0 radical (unpaired) electrons. The lowest BCUT2D eigenvalue weighted by atomic mass is 10.1. The van der Waals surface area contributed by atoms with E-state index >= 15 is 0 Å². The summed E-state index contributed by atoms with van der Waals surface area (Å²) in [4.78, 5) is 22.5. The number of rotatable bonds is 6. The van der Waals surface area contributed by atoms with E-state index in [0.717, 1.165) is 35.0 Å². The van der Waals surface area contributed by atoms with Crippen molar-refractivity contribution in [1.29, 1.82) is 0 Å². The minimum Gasteiger partial charge on any atom is -0.382 e. The summed E-state index contributed by atoms with van der Waals surface area (Å²) in [6.45, 7) is 3.72. The van der Waals surface area contributed by atoms with Crippen LogP contribution < -0.4 is 11.1 Å². The molecule has 0 bridgehead atoms. The molecular weight excluding hydrogens is 384 g/mol. The van der Waals surface area contributed by atoms with Crippen LogP contribution in [0.4, 0.5) is 11.5 Å². The van der Waals surface area contributed by atoms with Crippen molar-refractivity contribution >= 4 is 29.2 Å². The highest BCUT2D eigenvalue weighted by atomic mass is 32.2. The Bertz CT molecular complexity index is 1000. The van der Waals surface area contributed by atoms with Crippen molar-refractivity contribution in [1.82, 2.24) is 9.97 Å². The molecule has 148 valence electrons. The molecule has 4 rings (SSSR count). The zero-order valence-electron chi connectivity index (χ0n) is 16.1. The van der Waals surface area contributed by atoms with Crippen molar-refractivity contribution in [3.63, 3.8) is 0 Å². The topological polar surface area (TPSA) is 90.1 Å². The largest absolute Gasteiger partial charge is 0.382 e. The molecule has 1 aromatic heterocycles. The number of thioether (sulfide) groups is 1. The van der Waals surface area contributed by atoms with E-state index in [4.69, 9.17) is 10.5 Å². The molecule has 2 heterocycles. The molecule has 3 aromatic rings. The van der Waals surface area contributed by atoms with Crippen LogP contribution in [0.2, 0.25) is 0 Å². The molecule has 6 nitrogen and oxygen atoms in total. The number of aromatic nitrogens is 2. The van der Waals surface area contributed by atoms with Gasteiger partial charge in [0.1, 0.15) is 0 Å². The van der Waals surface area contributed by atoms with E-state index in [2.05, 4.69) is 15.3 Å². The Hall–Kier alpha value is -2.90. The van der Waals surface area contributed by atoms with Gasteiger partial charge in [-0.2, -0.15) is 0 Å². The number of amides is 1. The molecule has 29 heavy (non-hydrogen) atoms. The monoisotopic (exact) mass is 406 g/mol. The lowest BCUT2D eigenvalue weighted by Gasteiger charge is -2.25. The maximum atomic E-state index is 12.7. The molecular formula is C22H22N4O2S. The van der Waals surface area contributed by atoms with E-state index in [0.29, 0.717) is 17.3 Å². The van der Waals surface area contributed by atoms with Crippen molar-refractivity contribution in [2.75, 3.05) is 30.0 Å². The average molecular weight is 407 g/mol. The van der Waals surface area contributed by atoms with Gasteiger partial charge >= 0.3 is 0 Å². The Labute approximate surface area is 173 Å². The third-order valence-electron chi connectivity index (χ3n) is 4.67. The summed E-state index contributed by atoms with van der Waals surface area (Å²) < 4.78 is 5.20. The third kappa shape index (κ3) is 4.75. The number of nitrogens with two attached hydrogens (primary N) is 1. The zero-order chi connectivity index (χ0) is 20.2. The number of nitrogen functional groups attached to an aromatic ring is 1. The summed E-state index contributed by atoms with van der Waals surface area (Å²) in [7, 11) is 0. The van der Waals surface area contributed by atoms with Crippen molar-refractivity contribution in [3.05, 3.63) is 66.0 Å². The van der Waals surface area contributed by atoms with Crippen LogP contribution >= 0.6 is 11.8 Å². The fraction of sp³-hybridized carbons (Fsp3) is 0.227. The van der Waals surface area contributed by atoms with E-state index in [1.54, 1.807) is 18.0 Å². The molecule has 1 fully saturated rings. The summed E-state index contributed by atoms with van der Waals surface area (Å²) in [6.07, 6.45) is 1.58. The summed E-state index contributed by atoms with van der Waals surface area (Å²) in [5.41, 5.74) is 9.36. The Balaban J connectivity index is 1.44. The summed E-state index contributed by atoms with van der Waals surface area (Å²) in [5, 5.41) is 2.85. The molecule has 1 saturated heterocycles. The first-order chi connectivity index (χ1) is 14.1. The number of anilines is 2. The first-order valence-corrected chi connectivity index (χ1v) is 10.4. The van der Waals surface area contributed by atoms with Crippen LogP contribution in [0.1, 0.15) is 16.1 Å². The number of carbonyl (C=O) groups is 1. The summed E-state index contributed by atoms with van der Waals surface area (Å²) in [6, 6.07) is 15.6. The number of ether oxygens (including phenoxy) is 1. The van der Waals surface area contributed by atoms with Gasteiger partial charge < -0.3 is 15.8 Å². The molecule has 1 aliphatic heterocycles. The first kappa shape index (κ1) is 19.4. The predicted octanol–water partition coefficient (Wildman–Crippen LogP) is 4.03. The molecule has 0 spiro atoms. The number of hydrogen-bond donors (Lipinski definition) is 2. The highest BCUT2D eigenvalue weighted by molar-refractivity contribution is 7.99. The normalized spacial score (nSPS) is 13.7. The van der Waals surface area contributed by atoms with Gasteiger partial charge in [-0.25, -0.2) is 9.97 Å². The van der Waals surface area contributed by atoms with Gasteiger partial charge in [-0.3, -0.25) is 4.79 Å². The average Bonchev–Trinajstić information content (AvgIpc) is 2.69. The highest BCUT2D eigenvalue weighted by Gasteiger charge is 2.18. The summed E-state index contributed by atoms with van der Waals surface area (Å²) in [5.74, 6) is 1.41. The molecule has 7 heteroatoms. The van der Waals surface area contributed by atoms with Gasteiger partial charge in [0.2, 0.25) is 0 Å². The second kappa shape index (κ2) is 8.63. The third-order valence-corrected chi connectivity index (χ3v) is 5.91. The van der Waals surface area contributed by atoms with Gasteiger partial charge in [0.25, 0.3) is 5.91 Å². The van der Waals surface area contributed by atoms with Gasteiger partial charge in [-0.1, -0.05) is 29.8 Å². The molecule has 3 N–H and O–H groups in total. The minimum atomic E-state index is -0.379. The highest BCUT2D eigenvalue weighted by Crippen LogP contribution is 2.26. The van der Waals surface area contributed by atoms with E-state index in [-0.39, 0.29) is 17.4 Å². The number of nitrogens with one attached hydrogen (secondary N) is 1. The molecule has 0 saturated carbocycles. The number of benzene rings is 2. The Kier molecular flexibility index (Phi) is 5.78. The second-order valence-electron chi connectivity index (χ2n) is 7.05. The van der Waals surface area contributed by atoms with Crippen LogP contribution in [0.15, 0.2) is 59.6 Å². The second-order valence-corrected chi connectivity index (χ2v) is 8.14. The van der Waals surface area contributed by atoms with E-state index in [1.165, 1.54) is 0 Å². The molecule has 0 atom stereocenters. The van der Waals surface area contributed by atoms with Crippen molar-refractivity contribution in [2.24, 2.45) is 5.92 Å². The van der Waals surface area contributed by atoms with Gasteiger partial charge in [-0.15, -0.1) is 11.8 Å². The van der Waals surface area contributed by atoms with E-state index in [1.807, 2.05) is 55.5 Å². The lowest BCUT2D eigenvalue weighted by molar-refractivity contribution is -0.0196. The summed E-state index contributed by atoms with van der Waals surface area (Å²) >= 11 is 1.80. The van der Waals surface area contributed by atoms with Gasteiger partial charge in [-0.05, 0) is 31.2 Å². The Morgan fingerprint density at radius 1 is 1.17 bits per heavy atom. The quantitative estimate of drug-likeness (QED) is 0.601. The number of nitrogens with zero attached hydrogens (tertiary/aromatic N) is 2. The van der Waals surface area contributed by atoms with Gasteiger partial charge in [0, 0.05) is 27.8 Å². The smallest absolute Gasteiger partial charge is 0.278 e. The number of hydrogen-bond acceptors (Lipinski definition) is 6. The molecule has 2 aromatic carbocycles. The van der Waals surface area contributed by atoms with Crippen LogP contribution in [0.5, 0.6) is 0 Å². The van der Waals surface area contributed by atoms with Crippen LogP contribution in [0.25, 0.3) is 11.3 Å². The van der Waals surface area contributed by atoms with Gasteiger partial charge in [0.15, 0.2) is 11.5 Å². The van der Waals surface area contributed by atoms with Crippen molar-refractivity contribution in [3.8, 4) is 11.3 Å². The molecule has 0 unspecified atom stereocenters. The van der Waals surface area contributed by atoms with E-state index < -0.39 is 0 Å². The predicted molar refractivity (Wildman–Crippen MR) is 116 cm³/mol.